The van der Waals surface area contributed by atoms with Crippen LogP contribution in [0.15, 0.2) is 22.7 Å². The summed E-state index contributed by atoms with van der Waals surface area (Å²) in [5.41, 5.74) is 6.71. The Labute approximate surface area is 155 Å². The van der Waals surface area contributed by atoms with E-state index in [-0.39, 0.29) is 11.3 Å². The number of hydrogen-bond donors (Lipinski definition) is 2. The van der Waals surface area contributed by atoms with Gasteiger partial charge in [0, 0.05) is 21.5 Å². The monoisotopic (exact) mass is 423 g/mol. The van der Waals surface area contributed by atoms with Crippen molar-refractivity contribution in [3.63, 3.8) is 0 Å². The highest BCUT2D eigenvalue weighted by Gasteiger charge is 2.26. The number of non-ortho nitro benzene ring substituents is 1. The van der Waals surface area contributed by atoms with E-state index in [1.54, 1.807) is 0 Å². The van der Waals surface area contributed by atoms with Gasteiger partial charge in [-0.2, -0.15) is 0 Å². The minimum Gasteiger partial charge on any atom is -0.365 e. The van der Waals surface area contributed by atoms with Crippen LogP contribution < -0.4 is 11.1 Å². The number of halogens is 1. The first-order valence-electron chi connectivity index (χ1n) is 7.58. The van der Waals surface area contributed by atoms with E-state index in [0.29, 0.717) is 15.0 Å². The number of hydrogen-bond acceptors (Lipinski definition) is 5. The lowest BCUT2D eigenvalue weighted by Crippen LogP contribution is -2.18. The van der Waals surface area contributed by atoms with Crippen molar-refractivity contribution < 1.29 is 14.5 Å². The molecule has 0 saturated carbocycles. The molecule has 0 aliphatic heterocycles. The van der Waals surface area contributed by atoms with Gasteiger partial charge in [-0.25, -0.2) is 0 Å². The Kier molecular flexibility index (Phi) is 4.87. The van der Waals surface area contributed by atoms with Gasteiger partial charge in [-0.05, 0) is 53.2 Å². The van der Waals surface area contributed by atoms with Crippen molar-refractivity contribution in [3.05, 3.63) is 54.4 Å². The van der Waals surface area contributed by atoms with Crippen LogP contribution in [0.2, 0.25) is 0 Å². The molecule has 1 aromatic carbocycles. The summed E-state index contributed by atoms with van der Waals surface area (Å²) in [4.78, 5) is 35.9. The minimum absolute atomic E-state index is 0.121. The van der Waals surface area contributed by atoms with Crippen LogP contribution in [-0.4, -0.2) is 16.7 Å². The largest absolute Gasteiger partial charge is 0.365 e. The number of nitrogens with two attached hydrogens (primary N) is 1. The molecule has 0 spiro atoms. The Morgan fingerprint density at radius 2 is 2.00 bits per heavy atom. The van der Waals surface area contributed by atoms with E-state index in [1.807, 2.05) is 0 Å². The van der Waals surface area contributed by atoms with Gasteiger partial charge < -0.3 is 11.1 Å². The van der Waals surface area contributed by atoms with Gasteiger partial charge >= 0.3 is 0 Å². The maximum Gasteiger partial charge on any atom is 0.270 e. The van der Waals surface area contributed by atoms with Crippen molar-refractivity contribution in [2.45, 2.75) is 25.7 Å². The number of nitro benzene ring substituents is 1. The van der Waals surface area contributed by atoms with Gasteiger partial charge in [-0.3, -0.25) is 19.7 Å². The summed E-state index contributed by atoms with van der Waals surface area (Å²) in [7, 11) is 0. The van der Waals surface area contributed by atoms with Crippen LogP contribution >= 0.6 is 27.3 Å². The van der Waals surface area contributed by atoms with Gasteiger partial charge in [0.2, 0.25) is 0 Å². The number of benzene rings is 1. The van der Waals surface area contributed by atoms with Gasteiger partial charge in [0.05, 0.1) is 16.1 Å². The maximum atomic E-state index is 12.6. The number of anilines is 1. The molecular weight excluding hydrogens is 410 g/mol. The standard InChI is InChI=1S/C16H14BrN3O4S/c17-11-6-5-8(20(23)24)7-10(11)15(22)19-16-13(14(18)21)9-3-1-2-4-12(9)25-16/h5-7H,1-4H2,(H2,18,21)(H,19,22). The molecule has 0 fully saturated rings. The number of nitrogens with one attached hydrogen (secondary N) is 1. The third-order valence-corrected chi connectivity index (χ3v) is 5.95. The SMILES string of the molecule is NC(=O)c1c(NC(=O)c2cc([N+](=O)[O-])ccc2Br)sc2c1CCCC2. The van der Waals surface area contributed by atoms with Gasteiger partial charge in [0.25, 0.3) is 17.5 Å². The van der Waals surface area contributed by atoms with E-state index in [0.717, 1.165) is 36.1 Å². The van der Waals surface area contributed by atoms with Crippen LogP contribution in [0.25, 0.3) is 0 Å². The zero-order valence-corrected chi connectivity index (χ0v) is 15.4. The molecule has 2 amide bonds. The van der Waals surface area contributed by atoms with Crippen LogP contribution in [0, 0.1) is 10.1 Å². The summed E-state index contributed by atoms with van der Waals surface area (Å²) < 4.78 is 0.428. The van der Waals surface area contributed by atoms with Crippen LogP contribution in [0.5, 0.6) is 0 Å². The highest BCUT2D eigenvalue weighted by atomic mass is 79.9. The number of amides is 2. The molecule has 1 aliphatic rings. The van der Waals surface area contributed by atoms with Crippen LogP contribution in [0.4, 0.5) is 10.7 Å². The summed E-state index contributed by atoms with van der Waals surface area (Å²) in [5, 5.41) is 14.0. The van der Waals surface area contributed by atoms with Crippen molar-refractivity contribution >= 4 is 49.8 Å². The number of carbonyl (C=O) groups excluding carboxylic acids is 2. The quantitative estimate of drug-likeness (QED) is 0.576. The molecule has 0 radical (unpaired) electrons. The van der Waals surface area contributed by atoms with E-state index in [4.69, 9.17) is 5.73 Å². The van der Waals surface area contributed by atoms with Gasteiger partial charge in [-0.15, -0.1) is 11.3 Å². The molecule has 9 heteroatoms. The lowest BCUT2D eigenvalue weighted by molar-refractivity contribution is -0.384. The molecule has 2 aromatic rings. The first kappa shape index (κ1) is 17.6. The number of nitrogens with zero attached hydrogens (tertiary/aromatic N) is 1. The van der Waals surface area contributed by atoms with Gasteiger partial charge in [0.15, 0.2) is 0 Å². The average Bonchev–Trinajstić information content (AvgIpc) is 2.92. The Balaban J connectivity index is 1.97. The summed E-state index contributed by atoms with van der Waals surface area (Å²) in [6.07, 6.45) is 3.64. The third-order valence-electron chi connectivity index (χ3n) is 4.05. The van der Waals surface area contributed by atoms with Gasteiger partial charge in [-0.1, -0.05) is 0 Å². The smallest absolute Gasteiger partial charge is 0.270 e. The topological polar surface area (TPSA) is 115 Å². The summed E-state index contributed by atoms with van der Waals surface area (Å²) in [5.74, 6) is -1.11. The number of rotatable bonds is 4. The number of carbonyl (C=O) groups is 2. The molecule has 3 N–H and O–H groups in total. The lowest BCUT2D eigenvalue weighted by Gasteiger charge is -2.11. The first-order valence-corrected chi connectivity index (χ1v) is 9.19. The molecule has 1 aliphatic carbocycles. The number of primary amides is 1. The molecule has 0 saturated heterocycles. The lowest BCUT2D eigenvalue weighted by atomic mass is 9.95. The molecule has 3 rings (SSSR count). The molecule has 1 aromatic heterocycles. The molecule has 25 heavy (non-hydrogen) atoms. The third kappa shape index (κ3) is 3.42. The van der Waals surface area contributed by atoms with E-state index in [9.17, 15) is 19.7 Å². The van der Waals surface area contributed by atoms with Crippen molar-refractivity contribution in [1.82, 2.24) is 0 Å². The Morgan fingerprint density at radius 1 is 1.28 bits per heavy atom. The van der Waals surface area contributed by atoms with E-state index in [2.05, 4.69) is 21.2 Å². The molecule has 1 heterocycles. The number of nitro groups is 1. The summed E-state index contributed by atoms with van der Waals surface area (Å²) >= 11 is 4.57. The molecule has 130 valence electrons. The van der Waals surface area contributed by atoms with Crippen LogP contribution in [0.1, 0.15) is 44.0 Å². The van der Waals surface area contributed by atoms with Crippen molar-refractivity contribution in [1.29, 1.82) is 0 Å². The molecule has 0 bridgehead atoms. The second-order valence-corrected chi connectivity index (χ2v) is 7.61. The predicted octanol–water partition coefficient (Wildman–Crippen LogP) is 3.65. The zero-order valence-electron chi connectivity index (χ0n) is 13.0. The van der Waals surface area contributed by atoms with Crippen molar-refractivity contribution in [2.75, 3.05) is 5.32 Å². The van der Waals surface area contributed by atoms with Crippen molar-refractivity contribution in [3.8, 4) is 0 Å². The zero-order chi connectivity index (χ0) is 18.1. The fourth-order valence-corrected chi connectivity index (χ4v) is 4.60. The Bertz CT molecular complexity index is 894. The van der Waals surface area contributed by atoms with Crippen molar-refractivity contribution in [2.24, 2.45) is 5.73 Å². The van der Waals surface area contributed by atoms with E-state index in [1.165, 1.54) is 29.5 Å². The minimum atomic E-state index is -0.576. The maximum absolute atomic E-state index is 12.6. The average molecular weight is 424 g/mol. The predicted molar refractivity (Wildman–Crippen MR) is 98.2 cm³/mol. The Hall–Kier alpha value is -2.26. The van der Waals surface area contributed by atoms with Crippen LogP contribution in [0.3, 0.4) is 0 Å². The highest BCUT2D eigenvalue weighted by Crippen LogP contribution is 2.38. The molecular formula is C16H14BrN3O4S. The fraction of sp³-hybridized carbons (Fsp3) is 0.250. The summed E-state index contributed by atoms with van der Waals surface area (Å²) in [6.45, 7) is 0. The van der Waals surface area contributed by atoms with Crippen LogP contribution in [-0.2, 0) is 12.8 Å². The summed E-state index contributed by atoms with van der Waals surface area (Å²) in [6, 6.07) is 3.94. The molecule has 7 nitrogen and oxygen atoms in total. The first-order chi connectivity index (χ1) is 11.9. The van der Waals surface area contributed by atoms with Gasteiger partial charge in [0.1, 0.15) is 5.00 Å². The number of thiophene rings is 1. The van der Waals surface area contributed by atoms with E-state index >= 15 is 0 Å². The second-order valence-electron chi connectivity index (χ2n) is 5.65. The highest BCUT2D eigenvalue weighted by molar-refractivity contribution is 9.10. The number of fused-ring (bicyclic) bond motifs is 1. The molecule has 0 unspecified atom stereocenters. The fourth-order valence-electron chi connectivity index (χ4n) is 2.89. The number of aryl methyl sites for hydroxylation is 1. The van der Waals surface area contributed by atoms with E-state index < -0.39 is 16.7 Å². The Morgan fingerprint density at radius 3 is 2.68 bits per heavy atom. The molecule has 0 atom stereocenters. The normalized spacial score (nSPS) is 13.2. The second kappa shape index (κ2) is 6.93.